The fraction of sp³-hybridized carbons (Fsp3) is 0.533. The van der Waals surface area contributed by atoms with Gasteiger partial charge in [-0.15, -0.1) is 0 Å². The zero-order valence-electron chi connectivity index (χ0n) is 11.7. The Bertz CT molecular complexity index is 341. The van der Waals surface area contributed by atoms with Crippen LogP contribution in [-0.2, 0) is 16.0 Å². The molecule has 1 amide bonds. The third-order valence-corrected chi connectivity index (χ3v) is 2.71. The van der Waals surface area contributed by atoms with Gasteiger partial charge in [0.15, 0.2) is 0 Å². The summed E-state index contributed by atoms with van der Waals surface area (Å²) < 4.78 is 5.20. The summed E-state index contributed by atoms with van der Waals surface area (Å²) in [5, 5.41) is 6.00. The number of carbonyl (C=O) groups is 1. The molecule has 0 heterocycles. The highest BCUT2D eigenvalue weighted by atomic mass is 16.5. The number of rotatable bonds is 10. The minimum absolute atomic E-state index is 0.0459. The molecule has 2 N–H and O–H groups in total. The number of carbonyl (C=O) groups excluding carboxylic acids is 1. The highest BCUT2D eigenvalue weighted by Gasteiger charge is 1.99. The first-order valence-electron chi connectivity index (χ1n) is 6.92. The predicted molar refractivity (Wildman–Crippen MR) is 77.1 cm³/mol. The number of hydrogen-bond acceptors (Lipinski definition) is 3. The van der Waals surface area contributed by atoms with Crippen LogP contribution < -0.4 is 10.6 Å². The molecule has 0 spiro atoms. The average molecular weight is 264 g/mol. The van der Waals surface area contributed by atoms with Crippen molar-refractivity contribution in [2.45, 2.75) is 19.8 Å². The van der Waals surface area contributed by atoms with Crippen LogP contribution in [0.15, 0.2) is 30.3 Å². The minimum Gasteiger partial charge on any atom is -0.382 e. The van der Waals surface area contributed by atoms with Gasteiger partial charge in [-0.25, -0.2) is 0 Å². The summed E-state index contributed by atoms with van der Waals surface area (Å²) in [6.07, 6.45) is 1.81. The molecule has 0 aromatic heterocycles. The number of ether oxygens (including phenoxy) is 1. The molecule has 0 unspecified atom stereocenters. The zero-order valence-corrected chi connectivity index (χ0v) is 11.7. The Labute approximate surface area is 115 Å². The fourth-order valence-corrected chi connectivity index (χ4v) is 1.69. The molecule has 0 fully saturated rings. The second-order valence-electron chi connectivity index (χ2n) is 4.31. The lowest BCUT2D eigenvalue weighted by atomic mass is 10.1. The van der Waals surface area contributed by atoms with Gasteiger partial charge >= 0.3 is 0 Å². The average Bonchev–Trinajstić information content (AvgIpc) is 2.44. The van der Waals surface area contributed by atoms with Crippen LogP contribution in [0.1, 0.15) is 18.9 Å². The van der Waals surface area contributed by atoms with E-state index in [-0.39, 0.29) is 5.91 Å². The first-order chi connectivity index (χ1) is 9.33. The molecule has 0 bridgehead atoms. The molecule has 1 aromatic carbocycles. The molecule has 0 saturated heterocycles. The fourth-order valence-electron chi connectivity index (χ4n) is 1.69. The van der Waals surface area contributed by atoms with Gasteiger partial charge in [-0.2, -0.15) is 0 Å². The second kappa shape index (κ2) is 10.5. The summed E-state index contributed by atoms with van der Waals surface area (Å²) in [7, 11) is 0. The Morgan fingerprint density at radius 3 is 2.74 bits per heavy atom. The lowest BCUT2D eigenvalue weighted by Crippen LogP contribution is -2.35. The van der Waals surface area contributed by atoms with Crippen LogP contribution in [-0.4, -0.2) is 38.8 Å². The summed E-state index contributed by atoms with van der Waals surface area (Å²) in [4.78, 5) is 11.5. The van der Waals surface area contributed by atoms with Crippen molar-refractivity contribution in [2.75, 3.05) is 32.8 Å². The van der Waals surface area contributed by atoms with Crippen LogP contribution in [0.3, 0.4) is 0 Å². The number of hydrogen-bond donors (Lipinski definition) is 2. The number of benzene rings is 1. The van der Waals surface area contributed by atoms with E-state index in [0.717, 1.165) is 26.0 Å². The van der Waals surface area contributed by atoms with E-state index in [4.69, 9.17) is 4.74 Å². The van der Waals surface area contributed by atoms with Crippen LogP contribution in [0.5, 0.6) is 0 Å². The topological polar surface area (TPSA) is 50.4 Å². The van der Waals surface area contributed by atoms with Gasteiger partial charge in [0, 0.05) is 19.8 Å². The molecule has 0 atom stereocenters. The summed E-state index contributed by atoms with van der Waals surface area (Å²) in [5.74, 6) is 0.0459. The van der Waals surface area contributed by atoms with Crippen molar-refractivity contribution in [3.05, 3.63) is 35.9 Å². The molecule has 106 valence electrons. The van der Waals surface area contributed by atoms with Gasteiger partial charge in [0.05, 0.1) is 6.54 Å². The summed E-state index contributed by atoms with van der Waals surface area (Å²) in [5.41, 5.74) is 1.28. The molecule has 1 rings (SSSR count). The Hall–Kier alpha value is -1.39. The molecule has 1 aromatic rings. The molecule has 4 heteroatoms. The maximum atomic E-state index is 11.5. The predicted octanol–water partition coefficient (Wildman–Crippen LogP) is 1.36. The molecule has 0 saturated carbocycles. The van der Waals surface area contributed by atoms with E-state index in [0.29, 0.717) is 19.7 Å². The Morgan fingerprint density at radius 2 is 2.00 bits per heavy atom. The molecule has 0 radical (unpaired) electrons. The van der Waals surface area contributed by atoms with Crippen LogP contribution in [0.25, 0.3) is 0 Å². The van der Waals surface area contributed by atoms with E-state index in [1.165, 1.54) is 5.56 Å². The van der Waals surface area contributed by atoms with E-state index in [2.05, 4.69) is 22.8 Å². The molecule has 19 heavy (non-hydrogen) atoms. The van der Waals surface area contributed by atoms with Gasteiger partial charge in [0.2, 0.25) is 5.91 Å². The molecule has 4 nitrogen and oxygen atoms in total. The van der Waals surface area contributed by atoms with Crippen LogP contribution >= 0.6 is 0 Å². The van der Waals surface area contributed by atoms with Crippen molar-refractivity contribution in [3.8, 4) is 0 Å². The van der Waals surface area contributed by atoms with Gasteiger partial charge in [0.1, 0.15) is 0 Å². The molecular weight excluding hydrogens is 240 g/mol. The van der Waals surface area contributed by atoms with Gasteiger partial charge in [-0.1, -0.05) is 30.3 Å². The van der Waals surface area contributed by atoms with Crippen molar-refractivity contribution in [1.82, 2.24) is 10.6 Å². The van der Waals surface area contributed by atoms with Crippen molar-refractivity contribution in [3.63, 3.8) is 0 Å². The maximum Gasteiger partial charge on any atom is 0.233 e. The second-order valence-corrected chi connectivity index (χ2v) is 4.31. The largest absolute Gasteiger partial charge is 0.382 e. The van der Waals surface area contributed by atoms with Crippen molar-refractivity contribution in [2.24, 2.45) is 0 Å². The van der Waals surface area contributed by atoms with Gasteiger partial charge in [0.25, 0.3) is 0 Å². The summed E-state index contributed by atoms with van der Waals surface area (Å²) >= 11 is 0. The Kier molecular flexibility index (Phi) is 8.68. The SMILES string of the molecule is CCOCCCNC(=O)CNCCc1ccccc1. The van der Waals surface area contributed by atoms with Gasteiger partial charge in [-0.3, -0.25) is 4.79 Å². The maximum absolute atomic E-state index is 11.5. The van der Waals surface area contributed by atoms with E-state index >= 15 is 0 Å². The van der Waals surface area contributed by atoms with Gasteiger partial charge < -0.3 is 15.4 Å². The highest BCUT2D eigenvalue weighted by molar-refractivity contribution is 5.77. The van der Waals surface area contributed by atoms with Gasteiger partial charge in [-0.05, 0) is 31.9 Å². The standard InChI is InChI=1S/C15H24N2O2/c1-2-19-12-6-10-17-15(18)13-16-11-9-14-7-4-3-5-8-14/h3-5,7-8,16H,2,6,9-13H2,1H3,(H,17,18). The van der Waals surface area contributed by atoms with E-state index in [1.807, 2.05) is 25.1 Å². The number of nitrogens with one attached hydrogen (secondary N) is 2. The Morgan fingerprint density at radius 1 is 1.21 bits per heavy atom. The van der Waals surface area contributed by atoms with Crippen molar-refractivity contribution in [1.29, 1.82) is 0 Å². The van der Waals surface area contributed by atoms with E-state index in [9.17, 15) is 4.79 Å². The van der Waals surface area contributed by atoms with Crippen LogP contribution in [0, 0.1) is 0 Å². The normalized spacial score (nSPS) is 10.4. The smallest absolute Gasteiger partial charge is 0.233 e. The van der Waals surface area contributed by atoms with Crippen molar-refractivity contribution < 1.29 is 9.53 Å². The zero-order chi connectivity index (χ0) is 13.8. The van der Waals surface area contributed by atoms with Crippen LogP contribution in [0.2, 0.25) is 0 Å². The van der Waals surface area contributed by atoms with Crippen molar-refractivity contribution >= 4 is 5.91 Å². The molecule has 0 aliphatic rings. The monoisotopic (exact) mass is 264 g/mol. The minimum atomic E-state index is 0.0459. The first-order valence-corrected chi connectivity index (χ1v) is 6.92. The third-order valence-electron chi connectivity index (χ3n) is 2.71. The Balaban J connectivity index is 1.95. The lowest BCUT2D eigenvalue weighted by molar-refractivity contribution is -0.120. The third kappa shape index (κ3) is 8.35. The first kappa shape index (κ1) is 15.7. The lowest BCUT2D eigenvalue weighted by Gasteiger charge is -2.07. The molecule has 0 aliphatic heterocycles. The van der Waals surface area contributed by atoms with Crippen LogP contribution in [0.4, 0.5) is 0 Å². The molecule has 0 aliphatic carbocycles. The molecular formula is C15H24N2O2. The quantitative estimate of drug-likeness (QED) is 0.627. The summed E-state index contributed by atoms with van der Waals surface area (Å²) in [6, 6.07) is 10.2. The number of amides is 1. The summed E-state index contributed by atoms with van der Waals surface area (Å²) in [6.45, 7) is 5.28. The highest BCUT2D eigenvalue weighted by Crippen LogP contribution is 1.97. The van der Waals surface area contributed by atoms with E-state index in [1.54, 1.807) is 0 Å². The van der Waals surface area contributed by atoms with E-state index < -0.39 is 0 Å².